The second-order valence-electron chi connectivity index (χ2n) is 4.76. The van der Waals surface area contributed by atoms with Gasteiger partial charge in [0, 0.05) is 13.1 Å². The summed E-state index contributed by atoms with van der Waals surface area (Å²) in [7, 11) is 0. The molecule has 1 atom stereocenters. The summed E-state index contributed by atoms with van der Waals surface area (Å²) in [4.78, 5) is 13.9. The maximum absolute atomic E-state index is 11.8. The van der Waals surface area contributed by atoms with Gasteiger partial charge in [-0.15, -0.1) is 14.8 Å². The van der Waals surface area contributed by atoms with Crippen LogP contribution in [0.1, 0.15) is 19.8 Å². The van der Waals surface area contributed by atoms with Gasteiger partial charge in [-0.05, 0) is 42.3 Å². The Kier molecular flexibility index (Phi) is 3.44. The number of carbonyl (C=O) groups is 1. The van der Waals surface area contributed by atoms with Crippen LogP contribution in [-0.2, 0) is 9.53 Å². The van der Waals surface area contributed by atoms with E-state index in [0.29, 0.717) is 18.8 Å². The standard InChI is InChI=1S/C12H16N6O2/c1-2-20-12(19)9-4-3-7-17(8-9)11-6-5-10-13-15-16-18(10)14-11/h5-6,9H,2-4,7-8H2,1H3/t9-/m0/s1. The van der Waals surface area contributed by atoms with Crippen molar-refractivity contribution in [1.29, 1.82) is 0 Å². The first kappa shape index (κ1) is 12.8. The summed E-state index contributed by atoms with van der Waals surface area (Å²) in [5, 5.41) is 15.5. The minimum Gasteiger partial charge on any atom is -0.466 e. The quantitative estimate of drug-likeness (QED) is 0.745. The molecule has 1 saturated heterocycles. The fraction of sp³-hybridized carbons (Fsp3) is 0.583. The van der Waals surface area contributed by atoms with Gasteiger partial charge in [0.2, 0.25) is 0 Å². The van der Waals surface area contributed by atoms with Gasteiger partial charge >= 0.3 is 5.97 Å². The average Bonchev–Trinajstić information content (AvgIpc) is 2.95. The molecular formula is C12H16N6O2. The van der Waals surface area contributed by atoms with E-state index in [-0.39, 0.29) is 11.9 Å². The predicted molar refractivity (Wildman–Crippen MR) is 70.1 cm³/mol. The number of rotatable bonds is 3. The van der Waals surface area contributed by atoms with Crippen LogP contribution in [0.5, 0.6) is 0 Å². The Morgan fingerprint density at radius 1 is 1.50 bits per heavy atom. The van der Waals surface area contributed by atoms with Crippen molar-refractivity contribution in [2.45, 2.75) is 19.8 Å². The molecule has 106 valence electrons. The molecule has 1 aliphatic rings. The van der Waals surface area contributed by atoms with Crippen LogP contribution in [0.3, 0.4) is 0 Å². The molecule has 0 N–H and O–H groups in total. The first-order valence-electron chi connectivity index (χ1n) is 6.75. The summed E-state index contributed by atoms with van der Waals surface area (Å²) in [6.45, 7) is 3.74. The van der Waals surface area contributed by atoms with Crippen LogP contribution in [0.15, 0.2) is 12.1 Å². The monoisotopic (exact) mass is 276 g/mol. The molecule has 0 aliphatic carbocycles. The van der Waals surface area contributed by atoms with Gasteiger partial charge in [-0.25, -0.2) is 0 Å². The molecule has 3 rings (SSSR count). The van der Waals surface area contributed by atoms with E-state index < -0.39 is 0 Å². The number of anilines is 1. The lowest BCUT2D eigenvalue weighted by Gasteiger charge is -2.32. The summed E-state index contributed by atoms with van der Waals surface area (Å²) in [5.74, 6) is 0.564. The Bertz CT molecular complexity index is 613. The van der Waals surface area contributed by atoms with E-state index in [0.717, 1.165) is 25.2 Å². The third kappa shape index (κ3) is 2.40. The first-order chi connectivity index (χ1) is 9.78. The molecule has 0 unspecified atom stereocenters. The topological polar surface area (TPSA) is 85.5 Å². The van der Waals surface area contributed by atoms with Crippen LogP contribution in [0, 0.1) is 5.92 Å². The third-order valence-electron chi connectivity index (χ3n) is 3.42. The fourth-order valence-corrected chi connectivity index (χ4v) is 2.45. The molecule has 3 heterocycles. The first-order valence-corrected chi connectivity index (χ1v) is 6.75. The van der Waals surface area contributed by atoms with Crippen LogP contribution in [-0.4, -0.2) is 50.9 Å². The lowest BCUT2D eigenvalue weighted by molar-refractivity contribution is -0.148. The molecule has 2 aromatic heterocycles. The van der Waals surface area contributed by atoms with E-state index >= 15 is 0 Å². The summed E-state index contributed by atoms with van der Waals surface area (Å²) < 4.78 is 6.49. The van der Waals surface area contributed by atoms with Crippen molar-refractivity contribution in [2.75, 3.05) is 24.6 Å². The number of hydrogen-bond acceptors (Lipinski definition) is 7. The number of nitrogens with zero attached hydrogens (tertiary/aromatic N) is 6. The fourth-order valence-electron chi connectivity index (χ4n) is 2.45. The smallest absolute Gasteiger partial charge is 0.310 e. The molecular weight excluding hydrogens is 260 g/mol. The van der Waals surface area contributed by atoms with E-state index in [2.05, 4.69) is 25.5 Å². The Morgan fingerprint density at radius 3 is 3.25 bits per heavy atom. The number of ether oxygens (including phenoxy) is 1. The second kappa shape index (κ2) is 5.40. The van der Waals surface area contributed by atoms with Gasteiger partial charge in [-0.2, -0.15) is 0 Å². The molecule has 2 aromatic rings. The van der Waals surface area contributed by atoms with Gasteiger partial charge in [0.1, 0.15) is 0 Å². The zero-order chi connectivity index (χ0) is 13.9. The molecule has 20 heavy (non-hydrogen) atoms. The Labute approximate surface area is 115 Å². The van der Waals surface area contributed by atoms with Crippen LogP contribution >= 0.6 is 0 Å². The van der Waals surface area contributed by atoms with Gasteiger partial charge in [0.25, 0.3) is 0 Å². The van der Waals surface area contributed by atoms with Crippen molar-refractivity contribution >= 4 is 17.4 Å². The molecule has 0 bridgehead atoms. The Balaban J connectivity index is 1.77. The SMILES string of the molecule is CCOC(=O)[C@H]1CCCN(c2ccc3nnnn3n2)C1. The highest BCUT2D eigenvalue weighted by Gasteiger charge is 2.27. The number of tetrazole rings is 1. The maximum Gasteiger partial charge on any atom is 0.310 e. The largest absolute Gasteiger partial charge is 0.466 e. The van der Waals surface area contributed by atoms with Crippen LogP contribution < -0.4 is 4.90 Å². The zero-order valence-corrected chi connectivity index (χ0v) is 11.3. The van der Waals surface area contributed by atoms with Gasteiger partial charge in [0.05, 0.1) is 12.5 Å². The normalized spacial score (nSPS) is 19.2. The molecule has 8 nitrogen and oxygen atoms in total. The summed E-state index contributed by atoms with van der Waals surface area (Å²) >= 11 is 0. The molecule has 0 saturated carbocycles. The summed E-state index contributed by atoms with van der Waals surface area (Å²) in [6, 6.07) is 3.69. The molecule has 8 heteroatoms. The van der Waals surface area contributed by atoms with Gasteiger partial charge < -0.3 is 9.64 Å². The van der Waals surface area contributed by atoms with E-state index in [1.807, 2.05) is 19.1 Å². The van der Waals surface area contributed by atoms with Gasteiger partial charge in [-0.1, -0.05) is 0 Å². The number of esters is 1. The number of hydrogen-bond donors (Lipinski definition) is 0. The van der Waals surface area contributed by atoms with Crippen molar-refractivity contribution < 1.29 is 9.53 Å². The van der Waals surface area contributed by atoms with Crippen molar-refractivity contribution in [2.24, 2.45) is 5.92 Å². The Hall–Kier alpha value is -2.25. The van der Waals surface area contributed by atoms with Crippen molar-refractivity contribution in [3.8, 4) is 0 Å². The van der Waals surface area contributed by atoms with Crippen LogP contribution in [0.2, 0.25) is 0 Å². The molecule has 0 aromatic carbocycles. The molecule has 0 amide bonds. The number of piperidine rings is 1. The summed E-state index contributed by atoms with van der Waals surface area (Å²) in [6.07, 6.45) is 1.81. The highest BCUT2D eigenvalue weighted by Crippen LogP contribution is 2.22. The second-order valence-corrected chi connectivity index (χ2v) is 4.76. The van der Waals surface area contributed by atoms with Crippen LogP contribution in [0.4, 0.5) is 5.82 Å². The van der Waals surface area contributed by atoms with E-state index in [9.17, 15) is 4.79 Å². The number of fused-ring (bicyclic) bond motifs is 1. The van der Waals surface area contributed by atoms with Crippen molar-refractivity contribution in [1.82, 2.24) is 25.3 Å². The van der Waals surface area contributed by atoms with E-state index in [1.54, 1.807) is 0 Å². The highest BCUT2D eigenvalue weighted by atomic mass is 16.5. The lowest BCUT2D eigenvalue weighted by atomic mass is 9.98. The highest BCUT2D eigenvalue weighted by molar-refractivity contribution is 5.73. The number of carbonyl (C=O) groups excluding carboxylic acids is 1. The predicted octanol–water partition coefficient (Wildman–Crippen LogP) is 0.299. The maximum atomic E-state index is 11.8. The van der Waals surface area contributed by atoms with Crippen LogP contribution in [0.25, 0.3) is 5.65 Å². The average molecular weight is 276 g/mol. The minimum absolute atomic E-state index is 0.0879. The van der Waals surface area contributed by atoms with Crippen molar-refractivity contribution in [3.63, 3.8) is 0 Å². The number of aromatic nitrogens is 5. The summed E-state index contributed by atoms with van der Waals surface area (Å²) in [5.41, 5.74) is 0.604. The minimum atomic E-state index is -0.124. The molecule has 0 radical (unpaired) electrons. The van der Waals surface area contributed by atoms with Gasteiger partial charge in [0.15, 0.2) is 11.5 Å². The van der Waals surface area contributed by atoms with Gasteiger partial charge in [-0.3, -0.25) is 4.79 Å². The lowest BCUT2D eigenvalue weighted by Crippen LogP contribution is -2.40. The molecule has 0 spiro atoms. The van der Waals surface area contributed by atoms with Crippen molar-refractivity contribution in [3.05, 3.63) is 12.1 Å². The molecule has 1 fully saturated rings. The third-order valence-corrected chi connectivity index (χ3v) is 3.42. The Morgan fingerprint density at radius 2 is 2.40 bits per heavy atom. The van der Waals surface area contributed by atoms with E-state index in [1.165, 1.54) is 4.63 Å². The zero-order valence-electron chi connectivity index (χ0n) is 11.3. The van der Waals surface area contributed by atoms with E-state index in [4.69, 9.17) is 4.74 Å². The molecule has 1 aliphatic heterocycles.